The highest BCUT2D eigenvalue weighted by Gasteiger charge is 2.34. The van der Waals surface area contributed by atoms with Crippen LogP contribution in [0, 0.1) is 6.92 Å². The molecule has 3 aromatic carbocycles. The molecule has 228 valence electrons. The minimum absolute atomic E-state index is 0.156. The number of hydrazone groups is 1. The number of hydrogen-bond donors (Lipinski definition) is 1. The van der Waals surface area contributed by atoms with Crippen molar-refractivity contribution in [3.05, 3.63) is 89.7 Å². The number of amidine groups is 1. The largest absolute Gasteiger partial charge is 0.573 e. The molecule has 1 saturated heterocycles. The quantitative estimate of drug-likeness (QED) is 0.101. The van der Waals surface area contributed by atoms with Crippen molar-refractivity contribution >= 4 is 34.9 Å². The summed E-state index contributed by atoms with van der Waals surface area (Å²) in [5, 5.41) is 8.61. The van der Waals surface area contributed by atoms with E-state index >= 15 is 0 Å². The summed E-state index contributed by atoms with van der Waals surface area (Å²) in [5.74, 6) is 0.372. The Hall–Kier alpha value is -4.72. The van der Waals surface area contributed by atoms with E-state index in [9.17, 15) is 22.4 Å². The fourth-order valence-electron chi connectivity index (χ4n) is 4.41. The van der Waals surface area contributed by atoms with Crippen molar-refractivity contribution in [1.29, 1.82) is 0 Å². The third kappa shape index (κ3) is 7.43. The molecule has 1 N–H and O–H groups in total. The van der Waals surface area contributed by atoms with Gasteiger partial charge >= 0.3 is 12.4 Å². The van der Waals surface area contributed by atoms with Crippen molar-refractivity contribution in [1.82, 2.24) is 20.2 Å². The van der Waals surface area contributed by atoms with Crippen LogP contribution in [0.3, 0.4) is 0 Å². The van der Waals surface area contributed by atoms with E-state index in [1.165, 1.54) is 58.2 Å². The van der Waals surface area contributed by atoms with E-state index < -0.39 is 18.7 Å². The lowest BCUT2D eigenvalue weighted by atomic mass is 9.99. The maximum Gasteiger partial charge on any atom is 0.573 e. The smallest absolute Gasteiger partial charge is 0.406 e. The number of halogens is 4. The molecule has 1 atom stereocenters. The Labute approximate surface area is 254 Å². The summed E-state index contributed by atoms with van der Waals surface area (Å²) < 4.78 is 57.4. The van der Waals surface area contributed by atoms with Crippen LogP contribution >= 0.6 is 11.8 Å². The number of aromatic nitrogens is 3. The van der Waals surface area contributed by atoms with Crippen LogP contribution in [0.4, 0.5) is 28.0 Å². The highest BCUT2D eigenvalue weighted by molar-refractivity contribution is 8.14. The van der Waals surface area contributed by atoms with Gasteiger partial charge in [-0.3, -0.25) is 4.90 Å². The predicted molar refractivity (Wildman–Crippen MR) is 162 cm³/mol. The molecule has 0 aliphatic carbocycles. The third-order valence-electron chi connectivity index (χ3n) is 6.47. The molecule has 1 aliphatic rings. The second-order valence-corrected chi connectivity index (χ2v) is 11.1. The highest BCUT2D eigenvalue weighted by atomic mass is 32.2. The summed E-state index contributed by atoms with van der Waals surface area (Å²) in [6.07, 6.45) is -3.20. The van der Waals surface area contributed by atoms with E-state index in [-0.39, 0.29) is 22.6 Å². The fourth-order valence-corrected chi connectivity index (χ4v) is 5.35. The Balaban J connectivity index is 1.21. The van der Waals surface area contributed by atoms with Gasteiger partial charge in [-0.1, -0.05) is 62.0 Å². The van der Waals surface area contributed by atoms with Crippen LogP contribution in [-0.2, 0) is 0 Å². The van der Waals surface area contributed by atoms with Gasteiger partial charge in [0, 0.05) is 11.3 Å². The molecule has 1 aromatic heterocycles. The van der Waals surface area contributed by atoms with E-state index in [0.717, 1.165) is 11.1 Å². The number of thioether (sulfide) groups is 1. The molecule has 44 heavy (non-hydrogen) atoms. The number of alkyl halides is 4. The number of urea groups is 1. The van der Waals surface area contributed by atoms with Gasteiger partial charge in [-0.2, -0.15) is 10.1 Å². The zero-order chi connectivity index (χ0) is 31.4. The molecule has 9 nitrogen and oxygen atoms in total. The van der Waals surface area contributed by atoms with Crippen molar-refractivity contribution in [2.75, 3.05) is 10.7 Å². The molecular weight excluding hydrogens is 598 g/mol. The van der Waals surface area contributed by atoms with Crippen molar-refractivity contribution in [3.63, 3.8) is 0 Å². The monoisotopic (exact) mass is 625 g/mol. The van der Waals surface area contributed by atoms with Crippen LogP contribution in [-0.4, -0.2) is 50.6 Å². The van der Waals surface area contributed by atoms with E-state index in [1.54, 1.807) is 24.3 Å². The van der Waals surface area contributed by atoms with Crippen LogP contribution in [0.1, 0.15) is 36.5 Å². The molecule has 2 heterocycles. The van der Waals surface area contributed by atoms with Gasteiger partial charge in [0.1, 0.15) is 12.1 Å². The first-order valence-corrected chi connectivity index (χ1v) is 14.4. The Kier molecular flexibility index (Phi) is 8.99. The number of carbonyl (C=O) groups excluding carboxylic acids is 1. The van der Waals surface area contributed by atoms with Crippen molar-refractivity contribution in [2.24, 2.45) is 10.1 Å². The van der Waals surface area contributed by atoms with Gasteiger partial charge in [-0.05, 0) is 59.9 Å². The van der Waals surface area contributed by atoms with Crippen LogP contribution in [0.5, 0.6) is 5.75 Å². The van der Waals surface area contributed by atoms with Crippen LogP contribution in [0.15, 0.2) is 83.2 Å². The average molecular weight is 626 g/mol. The molecular formula is C30H27F4N7O2S. The standard InChI is InChI=1S/C30H27F4N7O2S/c1-18(2)24-13-4-19(3)14-25(24)41-26(31)16-44-29(41)37-28(42)38-36-15-20-5-7-21(8-6-20)27-35-17-40(39-27)22-9-11-23(12-10-22)43-30(32,33)34/h4-15,17-18,26H,16H2,1-3H3,(H,38,42)/b36-15+,37-29-. The summed E-state index contributed by atoms with van der Waals surface area (Å²) in [6, 6.07) is 17.4. The third-order valence-corrected chi connectivity index (χ3v) is 7.46. The van der Waals surface area contributed by atoms with Crippen molar-refractivity contribution in [2.45, 2.75) is 39.3 Å². The molecule has 4 aromatic rings. The topological polar surface area (TPSA) is 97.0 Å². The number of carbonyl (C=O) groups is 1. The van der Waals surface area contributed by atoms with E-state index in [0.29, 0.717) is 28.3 Å². The zero-order valence-electron chi connectivity index (χ0n) is 23.8. The van der Waals surface area contributed by atoms with Gasteiger partial charge in [0.2, 0.25) is 0 Å². The molecule has 5 rings (SSSR count). The van der Waals surface area contributed by atoms with Crippen LogP contribution < -0.4 is 15.1 Å². The lowest BCUT2D eigenvalue weighted by Crippen LogP contribution is -2.33. The Morgan fingerprint density at radius 2 is 1.84 bits per heavy atom. The Morgan fingerprint density at radius 1 is 1.11 bits per heavy atom. The van der Waals surface area contributed by atoms with Gasteiger partial charge in [0.25, 0.3) is 0 Å². The number of hydrogen-bond acceptors (Lipinski definition) is 6. The number of nitrogens with zero attached hydrogens (tertiary/aromatic N) is 6. The molecule has 0 radical (unpaired) electrons. The van der Waals surface area contributed by atoms with Gasteiger partial charge in [0.15, 0.2) is 17.3 Å². The first-order valence-electron chi connectivity index (χ1n) is 13.4. The fraction of sp³-hybridized carbons (Fsp3) is 0.233. The summed E-state index contributed by atoms with van der Waals surface area (Å²) in [5.41, 5.74) is 6.85. The van der Waals surface area contributed by atoms with Crippen LogP contribution in [0.25, 0.3) is 17.1 Å². The number of nitrogens with one attached hydrogen (secondary N) is 1. The van der Waals surface area contributed by atoms with Gasteiger partial charge in [0.05, 0.1) is 17.7 Å². The predicted octanol–water partition coefficient (Wildman–Crippen LogP) is 7.21. The SMILES string of the molecule is Cc1ccc(C(C)C)c(N2/C(=N/C(=O)N/N=C/c3ccc(-c4ncn(-c5ccc(OC(F)(F)F)cc5)n4)cc3)SCC2F)c1. The maximum absolute atomic E-state index is 14.9. The summed E-state index contributed by atoms with van der Waals surface area (Å²) in [7, 11) is 0. The number of anilines is 1. The Bertz CT molecular complexity index is 1690. The number of ether oxygens (including phenoxy) is 1. The van der Waals surface area contributed by atoms with Crippen LogP contribution in [0.2, 0.25) is 0 Å². The number of aryl methyl sites for hydroxylation is 1. The summed E-state index contributed by atoms with van der Waals surface area (Å²) in [6.45, 7) is 5.99. The lowest BCUT2D eigenvalue weighted by molar-refractivity contribution is -0.274. The number of aliphatic imine (C=N–C) groups is 1. The average Bonchev–Trinajstić information content (AvgIpc) is 3.60. The molecule has 2 amide bonds. The maximum atomic E-state index is 14.9. The minimum Gasteiger partial charge on any atom is -0.406 e. The Morgan fingerprint density at radius 3 is 2.52 bits per heavy atom. The normalized spacial score (nSPS) is 16.3. The molecule has 0 saturated carbocycles. The molecule has 1 unspecified atom stereocenters. The number of rotatable bonds is 7. The van der Waals surface area contributed by atoms with Crippen molar-refractivity contribution < 1.29 is 27.1 Å². The summed E-state index contributed by atoms with van der Waals surface area (Å²) in [4.78, 5) is 22.3. The number of amides is 2. The second-order valence-electron chi connectivity index (χ2n) is 10.1. The van der Waals surface area contributed by atoms with E-state index in [1.807, 2.05) is 39.0 Å². The first kappa shape index (κ1) is 30.7. The van der Waals surface area contributed by atoms with E-state index in [4.69, 9.17) is 0 Å². The van der Waals surface area contributed by atoms with Gasteiger partial charge in [-0.15, -0.1) is 18.3 Å². The molecule has 1 aliphatic heterocycles. The highest BCUT2D eigenvalue weighted by Crippen LogP contribution is 2.36. The van der Waals surface area contributed by atoms with Crippen molar-refractivity contribution in [3.8, 4) is 22.8 Å². The zero-order valence-corrected chi connectivity index (χ0v) is 24.6. The number of benzene rings is 3. The van der Waals surface area contributed by atoms with Gasteiger partial charge in [-0.25, -0.2) is 24.3 Å². The minimum atomic E-state index is -4.77. The second kappa shape index (κ2) is 12.9. The molecule has 0 spiro atoms. The molecule has 1 fully saturated rings. The molecule has 0 bridgehead atoms. The lowest BCUT2D eigenvalue weighted by Gasteiger charge is -2.25. The summed E-state index contributed by atoms with van der Waals surface area (Å²) >= 11 is 1.17. The van der Waals surface area contributed by atoms with Gasteiger partial charge < -0.3 is 4.74 Å². The first-order chi connectivity index (χ1) is 21.0. The van der Waals surface area contributed by atoms with E-state index in [2.05, 4.69) is 30.3 Å². The molecule has 14 heteroatoms.